The van der Waals surface area contributed by atoms with E-state index in [9.17, 15) is 27.6 Å². The molecule has 0 saturated carbocycles. The van der Waals surface area contributed by atoms with Gasteiger partial charge in [-0.15, -0.1) is 0 Å². The molecule has 4 amide bonds. The summed E-state index contributed by atoms with van der Waals surface area (Å²) >= 11 is 0. The van der Waals surface area contributed by atoms with Crippen LogP contribution in [0.15, 0.2) is 73.1 Å². The molecule has 9 nitrogen and oxygen atoms in total. The normalized spacial score (nSPS) is 18.2. The number of piperazine rings is 1. The number of pyridine rings is 1. The van der Waals surface area contributed by atoms with Crippen LogP contribution in [0.2, 0.25) is 0 Å². The van der Waals surface area contributed by atoms with E-state index in [0.717, 1.165) is 29.1 Å². The molecule has 12 heteroatoms. The van der Waals surface area contributed by atoms with Gasteiger partial charge in [-0.05, 0) is 54.7 Å². The number of anilines is 2. The Labute approximate surface area is 266 Å². The van der Waals surface area contributed by atoms with Gasteiger partial charge in [-0.25, -0.2) is 4.79 Å². The monoisotopic (exact) mass is 634 g/mol. The van der Waals surface area contributed by atoms with Gasteiger partial charge in [-0.1, -0.05) is 36.4 Å². The van der Waals surface area contributed by atoms with Crippen LogP contribution in [0, 0.1) is 5.92 Å². The summed E-state index contributed by atoms with van der Waals surface area (Å²) in [6, 6.07) is 16.3. The Morgan fingerprint density at radius 2 is 1.61 bits per heavy atom. The van der Waals surface area contributed by atoms with Crippen LogP contribution in [0.3, 0.4) is 0 Å². The van der Waals surface area contributed by atoms with Crippen LogP contribution in [-0.2, 0) is 28.7 Å². The number of halogens is 3. The van der Waals surface area contributed by atoms with Crippen LogP contribution in [0.4, 0.5) is 29.3 Å². The molecule has 3 aromatic rings. The number of piperidine rings is 1. The van der Waals surface area contributed by atoms with Crippen LogP contribution < -0.4 is 10.2 Å². The maximum absolute atomic E-state index is 13.9. The molecule has 242 valence electrons. The quantitative estimate of drug-likeness (QED) is 0.394. The van der Waals surface area contributed by atoms with Crippen molar-refractivity contribution in [3.63, 3.8) is 0 Å². The fourth-order valence-electron chi connectivity index (χ4n) is 6.69. The lowest BCUT2D eigenvalue weighted by Gasteiger charge is -2.41. The number of para-hydroxylation sites is 1. The molecule has 2 aromatic carbocycles. The van der Waals surface area contributed by atoms with E-state index in [4.69, 9.17) is 0 Å². The number of carbonyl (C=O) groups excluding carboxylic acids is 3. The van der Waals surface area contributed by atoms with Gasteiger partial charge in [0.2, 0.25) is 11.8 Å². The highest BCUT2D eigenvalue weighted by Crippen LogP contribution is 2.31. The largest absolute Gasteiger partial charge is 0.416 e. The fraction of sp³-hybridized carbons (Fsp3) is 0.412. The number of nitrogens with one attached hydrogen (secondary N) is 1. The smallest absolute Gasteiger partial charge is 0.368 e. The fourth-order valence-corrected chi connectivity index (χ4v) is 6.69. The highest BCUT2D eigenvalue weighted by molar-refractivity contribution is 5.92. The summed E-state index contributed by atoms with van der Waals surface area (Å²) in [7, 11) is 0. The Kier molecular flexibility index (Phi) is 9.14. The number of hydrogen-bond acceptors (Lipinski definition) is 5. The van der Waals surface area contributed by atoms with Crippen LogP contribution >= 0.6 is 0 Å². The van der Waals surface area contributed by atoms with Gasteiger partial charge >= 0.3 is 12.2 Å². The number of benzene rings is 2. The number of carbonyl (C=O) groups is 3. The predicted molar refractivity (Wildman–Crippen MR) is 167 cm³/mol. The molecule has 0 unspecified atom stereocenters. The summed E-state index contributed by atoms with van der Waals surface area (Å²) < 4.78 is 40.4. The van der Waals surface area contributed by atoms with Gasteiger partial charge in [-0.2, -0.15) is 13.2 Å². The first-order valence-electron chi connectivity index (χ1n) is 15.7. The molecule has 1 N–H and O–H groups in total. The summed E-state index contributed by atoms with van der Waals surface area (Å²) in [5.41, 5.74) is 2.45. The van der Waals surface area contributed by atoms with E-state index in [1.807, 2.05) is 41.3 Å². The summed E-state index contributed by atoms with van der Waals surface area (Å²) in [4.78, 5) is 51.8. The molecule has 0 radical (unpaired) electrons. The van der Waals surface area contributed by atoms with Crippen molar-refractivity contribution < 1.29 is 27.6 Å². The third-order valence-corrected chi connectivity index (χ3v) is 9.24. The number of urea groups is 1. The van der Waals surface area contributed by atoms with E-state index >= 15 is 0 Å². The van der Waals surface area contributed by atoms with Crippen LogP contribution in [0.25, 0.3) is 0 Å². The van der Waals surface area contributed by atoms with E-state index in [1.54, 1.807) is 28.3 Å². The molecule has 1 atom stereocenters. The van der Waals surface area contributed by atoms with E-state index in [1.165, 1.54) is 6.07 Å². The minimum atomic E-state index is -4.51. The van der Waals surface area contributed by atoms with Gasteiger partial charge in [0.25, 0.3) is 0 Å². The topological polar surface area (TPSA) is 89.1 Å². The second kappa shape index (κ2) is 13.4. The molecular formula is C34H37F3N6O3. The van der Waals surface area contributed by atoms with Crippen molar-refractivity contribution in [3.8, 4) is 0 Å². The minimum absolute atomic E-state index is 0.0306. The molecule has 6 rings (SSSR count). The third kappa shape index (κ3) is 7.11. The van der Waals surface area contributed by atoms with Gasteiger partial charge in [0.05, 0.1) is 11.5 Å². The third-order valence-electron chi connectivity index (χ3n) is 9.24. The molecule has 0 aliphatic carbocycles. The Balaban J connectivity index is 1.11. The molecule has 2 saturated heterocycles. The molecule has 46 heavy (non-hydrogen) atoms. The molecule has 0 bridgehead atoms. The Hall–Kier alpha value is -4.61. The molecule has 4 heterocycles. The van der Waals surface area contributed by atoms with Crippen molar-refractivity contribution in [2.24, 2.45) is 5.92 Å². The molecule has 2 fully saturated rings. The summed E-state index contributed by atoms with van der Waals surface area (Å²) in [5, 5.41) is 2.95. The number of rotatable bonds is 7. The van der Waals surface area contributed by atoms with Crippen LogP contribution in [0.1, 0.15) is 36.0 Å². The summed E-state index contributed by atoms with van der Waals surface area (Å²) in [5.74, 6) is -1.23. The number of hydrogen-bond donors (Lipinski definition) is 1. The van der Waals surface area contributed by atoms with Crippen molar-refractivity contribution in [2.75, 3.05) is 49.5 Å². The number of amides is 4. The Morgan fingerprint density at radius 3 is 2.33 bits per heavy atom. The van der Waals surface area contributed by atoms with E-state index in [2.05, 4.69) is 15.2 Å². The highest BCUT2D eigenvalue weighted by atomic mass is 19.4. The number of likely N-dealkylation sites (tertiary alicyclic amines) is 1. The number of nitrogens with zero attached hydrogens (tertiary/aromatic N) is 5. The summed E-state index contributed by atoms with van der Waals surface area (Å²) in [6.45, 7) is 3.46. The maximum atomic E-state index is 13.9. The number of alkyl halides is 3. The van der Waals surface area contributed by atoms with Gasteiger partial charge < -0.3 is 24.9 Å². The minimum Gasteiger partial charge on any atom is -0.368 e. The van der Waals surface area contributed by atoms with Crippen molar-refractivity contribution in [2.45, 2.75) is 44.4 Å². The molecule has 0 spiro atoms. The van der Waals surface area contributed by atoms with Crippen LogP contribution in [0.5, 0.6) is 0 Å². The maximum Gasteiger partial charge on any atom is 0.416 e. The first kappa shape index (κ1) is 31.4. The lowest BCUT2D eigenvalue weighted by atomic mass is 9.92. The summed E-state index contributed by atoms with van der Waals surface area (Å²) in [6.07, 6.45) is 0.0610. The lowest BCUT2D eigenvalue weighted by Crippen LogP contribution is -2.52. The standard InChI is InChI=1S/C34H37F3N6O3/c35-34(36,37)27-6-3-4-24(21-27)20-26(32(45)42-18-16-40(17-19-42)28-8-12-38-13-9-28)22-31(44)41-14-10-29(11-15-41)43-23-25-5-1-2-7-30(25)39-33(43)46/h1-9,12-13,21,26,29H,10-11,14-20,22-23H2,(H,39,46)/t26-/m1/s1. The first-order valence-corrected chi connectivity index (χ1v) is 15.7. The zero-order valence-corrected chi connectivity index (χ0v) is 25.5. The van der Waals surface area contributed by atoms with Crippen molar-refractivity contribution in [1.82, 2.24) is 19.7 Å². The highest BCUT2D eigenvalue weighted by Gasteiger charge is 2.36. The van der Waals surface area contributed by atoms with Crippen LogP contribution in [-0.4, -0.2) is 82.8 Å². The Bertz CT molecular complexity index is 1550. The van der Waals surface area contributed by atoms with E-state index in [-0.39, 0.29) is 36.7 Å². The van der Waals surface area contributed by atoms with E-state index in [0.29, 0.717) is 64.2 Å². The Morgan fingerprint density at radius 1 is 0.891 bits per heavy atom. The molecule has 3 aliphatic heterocycles. The number of fused-ring (bicyclic) bond motifs is 1. The molecule has 1 aromatic heterocycles. The second-order valence-corrected chi connectivity index (χ2v) is 12.1. The van der Waals surface area contributed by atoms with Gasteiger partial charge in [0, 0.05) is 82.0 Å². The van der Waals surface area contributed by atoms with Crippen molar-refractivity contribution >= 4 is 29.2 Å². The van der Waals surface area contributed by atoms with E-state index < -0.39 is 17.7 Å². The average molecular weight is 635 g/mol. The van der Waals surface area contributed by atoms with Crippen molar-refractivity contribution in [1.29, 1.82) is 0 Å². The zero-order chi connectivity index (χ0) is 32.3. The zero-order valence-electron chi connectivity index (χ0n) is 25.5. The lowest BCUT2D eigenvalue weighted by molar-refractivity contribution is -0.142. The molecular weight excluding hydrogens is 597 g/mol. The predicted octanol–water partition coefficient (Wildman–Crippen LogP) is 5.04. The van der Waals surface area contributed by atoms with Gasteiger partial charge in [0.1, 0.15) is 0 Å². The molecule has 3 aliphatic rings. The van der Waals surface area contributed by atoms with Crippen molar-refractivity contribution in [3.05, 3.63) is 89.7 Å². The number of aromatic nitrogens is 1. The van der Waals surface area contributed by atoms with Gasteiger partial charge in [0.15, 0.2) is 0 Å². The first-order chi connectivity index (χ1) is 22.2. The van der Waals surface area contributed by atoms with Gasteiger partial charge in [-0.3, -0.25) is 14.6 Å². The SMILES string of the molecule is O=C(C[C@@H](Cc1cccc(C(F)(F)F)c1)C(=O)N1CCN(c2ccncc2)CC1)N1CCC(N2Cc3ccccc3NC2=O)CC1. The average Bonchev–Trinajstić information content (AvgIpc) is 3.07. The second-order valence-electron chi connectivity index (χ2n) is 12.1.